The predicted molar refractivity (Wildman–Crippen MR) is 126 cm³/mol. The highest BCUT2D eigenvalue weighted by molar-refractivity contribution is 7.99. The zero-order chi connectivity index (χ0) is 22.1. The summed E-state index contributed by atoms with van der Waals surface area (Å²) in [6, 6.07) is 8.21. The van der Waals surface area contributed by atoms with Crippen LogP contribution in [0.15, 0.2) is 42.1 Å². The summed E-state index contributed by atoms with van der Waals surface area (Å²) in [5.74, 6) is 2.50. The third-order valence-electron chi connectivity index (χ3n) is 5.28. The van der Waals surface area contributed by atoms with E-state index in [0.29, 0.717) is 30.9 Å². The molecule has 1 heterocycles. The molecule has 1 saturated carbocycles. The van der Waals surface area contributed by atoms with E-state index in [1.807, 2.05) is 34.9 Å². The van der Waals surface area contributed by atoms with Crippen LogP contribution in [0.2, 0.25) is 0 Å². The summed E-state index contributed by atoms with van der Waals surface area (Å²) in [6.45, 7) is 9.39. The first-order valence-electron chi connectivity index (χ1n) is 11.3. The molecule has 1 aromatic heterocycles. The highest BCUT2D eigenvalue weighted by atomic mass is 32.2. The maximum absolute atomic E-state index is 12.5. The highest BCUT2D eigenvalue weighted by Crippen LogP contribution is 2.26. The molecule has 0 radical (unpaired) electrons. The maximum atomic E-state index is 12.5. The highest BCUT2D eigenvalue weighted by Gasteiger charge is 2.18. The molecule has 1 aromatic carbocycles. The zero-order valence-electron chi connectivity index (χ0n) is 18.7. The van der Waals surface area contributed by atoms with E-state index in [2.05, 4.69) is 35.9 Å². The summed E-state index contributed by atoms with van der Waals surface area (Å²) in [4.78, 5) is 12.5. The van der Waals surface area contributed by atoms with Gasteiger partial charge in [-0.2, -0.15) is 0 Å². The standard InChI is InChI=1S/C24H34N4O2S/c1-4-15-28-23(19-11-13-21(14-12-19)30-16-18(2)3)26-27-24(28)31-17-22(29)25-20-9-7-5-6-8-10-20/h4,11-14,18,20H,1,5-10,15-17H2,2-3H3,(H,25,29). The first kappa shape index (κ1) is 23.4. The molecular weight excluding hydrogens is 408 g/mol. The van der Waals surface area contributed by atoms with Crippen molar-refractivity contribution in [3.63, 3.8) is 0 Å². The van der Waals surface area contributed by atoms with E-state index in [1.165, 1.54) is 37.4 Å². The van der Waals surface area contributed by atoms with Gasteiger partial charge in [-0.3, -0.25) is 9.36 Å². The van der Waals surface area contributed by atoms with E-state index in [0.717, 1.165) is 35.1 Å². The molecule has 1 amide bonds. The van der Waals surface area contributed by atoms with Gasteiger partial charge in [0.25, 0.3) is 0 Å². The molecule has 1 N–H and O–H groups in total. The van der Waals surface area contributed by atoms with Crippen LogP contribution in [-0.2, 0) is 11.3 Å². The average molecular weight is 443 g/mol. The number of nitrogens with one attached hydrogen (secondary N) is 1. The lowest BCUT2D eigenvalue weighted by molar-refractivity contribution is -0.119. The summed E-state index contributed by atoms with van der Waals surface area (Å²) in [6.07, 6.45) is 8.96. The second-order valence-corrected chi connectivity index (χ2v) is 9.42. The fourth-order valence-corrected chi connectivity index (χ4v) is 4.45. The second kappa shape index (κ2) is 11.9. The molecule has 1 aliphatic carbocycles. The molecule has 0 spiro atoms. The molecule has 31 heavy (non-hydrogen) atoms. The van der Waals surface area contributed by atoms with Crippen LogP contribution in [0.3, 0.4) is 0 Å². The number of rotatable bonds is 10. The average Bonchev–Trinajstić information content (AvgIpc) is 2.97. The number of allylic oxidation sites excluding steroid dienone is 1. The number of amides is 1. The number of carbonyl (C=O) groups is 1. The monoisotopic (exact) mass is 442 g/mol. The number of hydrogen-bond acceptors (Lipinski definition) is 5. The maximum Gasteiger partial charge on any atom is 0.230 e. The van der Waals surface area contributed by atoms with Crippen LogP contribution in [0.1, 0.15) is 52.4 Å². The minimum absolute atomic E-state index is 0.0678. The van der Waals surface area contributed by atoms with Gasteiger partial charge >= 0.3 is 0 Å². The Morgan fingerprint density at radius 1 is 1.23 bits per heavy atom. The van der Waals surface area contributed by atoms with Crippen LogP contribution in [0.25, 0.3) is 11.4 Å². The molecule has 1 aliphatic rings. The van der Waals surface area contributed by atoms with E-state index in [9.17, 15) is 4.79 Å². The number of ether oxygens (including phenoxy) is 1. The van der Waals surface area contributed by atoms with Crippen molar-refractivity contribution in [1.82, 2.24) is 20.1 Å². The Balaban J connectivity index is 1.63. The third kappa shape index (κ3) is 7.13. The van der Waals surface area contributed by atoms with E-state index >= 15 is 0 Å². The Morgan fingerprint density at radius 3 is 2.58 bits per heavy atom. The van der Waals surface area contributed by atoms with Gasteiger partial charge in [-0.15, -0.1) is 16.8 Å². The number of thioether (sulfide) groups is 1. The Hall–Kier alpha value is -2.28. The van der Waals surface area contributed by atoms with Gasteiger partial charge in [0.05, 0.1) is 12.4 Å². The fourth-order valence-electron chi connectivity index (χ4n) is 3.69. The van der Waals surface area contributed by atoms with Crippen molar-refractivity contribution in [2.24, 2.45) is 5.92 Å². The van der Waals surface area contributed by atoms with Crippen LogP contribution in [-0.4, -0.2) is 39.1 Å². The lowest BCUT2D eigenvalue weighted by Gasteiger charge is -2.16. The smallest absolute Gasteiger partial charge is 0.230 e. The Kier molecular flexibility index (Phi) is 9.00. The predicted octanol–water partition coefficient (Wildman–Crippen LogP) is 5.10. The van der Waals surface area contributed by atoms with Gasteiger partial charge in [-0.05, 0) is 43.0 Å². The largest absolute Gasteiger partial charge is 0.493 e. The topological polar surface area (TPSA) is 69.0 Å². The van der Waals surface area contributed by atoms with Crippen LogP contribution in [0, 0.1) is 5.92 Å². The molecule has 0 atom stereocenters. The second-order valence-electron chi connectivity index (χ2n) is 8.48. The lowest BCUT2D eigenvalue weighted by atomic mass is 10.1. The first-order valence-corrected chi connectivity index (χ1v) is 12.2. The Morgan fingerprint density at radius 2 is 1.94 bits per heavy atom. The van der Waals surface area contributed by atoms with Gasteiger partial charge < -0.3 is 10.1 Å². The van der Waals surface area contributed by atoms with Gasteiger partial charge in [0.2, 0.25) is 5.91 Å². The van der Waals surface area contributed by atoms with Crippen LogP contribution in [0.4, 0.5) is 0 Å². The zero-order valence-corrected chi connectivity index (χ0v) is 19.5. The van der Waals surface area contributed by atoms with Crippen molar-refractivity contribution < 1.29 is 9.53 Å². The van der Waals surface area contributed by atoms with Gasteiger partial charge in [0.15, 0.2) is 11.0 Å². The number of hydrogen-bond donors (Lipinski definition) is 1. The number of nitrogens with zero attached hydrogens (tertiary/aromatic N) is 3. The normalized spacial score (nSPS) is 14.9. The van der Waals surface area contributed by atoms with Gasteiger partial charge in [0.1, 0.15) is 5.75 Å². The van der Waals surface area contributed by atoms with Gasteiger partial charge in [-0.25, -0.2) is 0 Å². The molecule has 0 saturated heterocycles. The Labute approximate surface area is 189 Å². The lowest BCUT2D eigenvalue weighted by Crippen LogP contribution is -2.35. The summed E-state index contributed by atoms with van der Waals surface area (Å²) in [5, 5.41) is 12.7. The Bertz CT molecular complexity index is 840. The molecule has 2 aromatic rings. The minimum Gasteiger partial charge on any atom is -0.493 e. The van der Waals surface area contributed by atoms with Crippen LogP contribution in [0.5, 0.6) is 5.75 Å². The molecule has 1 fully saturated rings. The summed E-state index contributed by atoms with van der Waals surface area (Å²) < 4.78 is 7.77. The van der Waals surface area contributed by atoms with Crippen molar-refractivity contribution in [1.29, 1.82) is 0 Å². The number of carbonyl (C=O) groups excluding carboxylic acids is 1. The summed E-state index contributed by atoms with van der Waals surface area (Å²) in [5.41, 5.74) is 0.959. The quantitative estimate of drug-likeness (QED) is 0.315. The van der Waals surface area contributed by atoms with E-state index in [4.69, 9.17) is 4.74 Å². The fraction of sp³-hybridized carbons (Fsp3) is 0.542. The summed E-state index contributed by atoms with van der Waals surface area (Å²) >= 11 is 1.42. The van der Waals surface area contributed by atoms with Crippen molar-refractivity contribution >= 4 is 17.7 Å². The first-order chi connectivity index (χ1) is 15.1. The van der Waals surface area contributed by atoms with E-state index in [-0.39, 0.29) is 5.91 Å². The van der Waals surface area contributed by atoms with Crippen molar-refractivity contribution in [2.75, 3.05) is 12.4 Å². The van der Waals surface area contributed by atoms with Crippen molar-refractivity contribution in [3.8, 4) is 17.1 Å². The number of benzene rings is 1. The molecule has 6 nitrogen and oxygen atoms in total. The van der Waals surface area contributed by atoms with Gasteiger partial charge in [-0.1, -0.05) is 57.4 Å². The molecule has 7 heteroatoms. The SMILES string of the molecule is C=CCn1c(SCC(=O)NC2CCCCCC2)nnc1-c1ccc(OCC(C)C)cc1. The summed E-state index contributed by atoms with van der Waals surface area (Å²) in [7, 11) is 0. The molecule has 0 bridgehead atoms. The van der Waals surface area contributed by atoms with Crippen molar-refractivity contribution in [2.45, 2.75) is 70.1 Å². The third-order valence-corrected chi connectivity index (χ3v) is 6.24. The van der Waals surface area contributed by atoms with E-state index < -0.39 is 0 Å². The molecule has 0 aliphatic heterocycles. The minimum atomic E-state index is 0.0678. The van der Waals surface area contributed by atoms with Crippen LogP contribution < -0.4 is 10.1 Å². The molecular formula is C24H34N4O2S. The van der Waals surface area contributed by atoms with Crippen LogP contribution >= 0.6 is 11.8 Å². The van der Waals surface area contributed by atoms with Gasteiger partial charge in [0, 0.05) is 18.2 Å². The van der Waals surface area contributed by atoms with E-state index in [1.54, 1.807) is 0 Å². The van der Waals surface area contributed by atoms with Crippen molar-refractivity contribution in [3.05, 3.63) is 36.9 Å². The number of aromatic nitrogens is 3. The molecule has 3 rings (SSSR count). The molecule has 168 valence electrons. The molecule has 0 unspecified atom stereocenters.